The molecule has 0 aliphatic rings. The Morgan fingerprint density at radius 2 is 1.09 bits per heavy atom. The third-order valence-corrected chi connectivity index (χ3v) is 1.57. The van der Waals surface area contributed by atoms with Crippen LogP contribution in [0.2, 0.25) is 0 Å². The maximum atomic E-state index is 10.1. The van der Waals surface area contributed by atoms with Gasteiger partial charge in [0.05, 0.1) is 0 Å². The molecule has 3 heteroatoms. The fraction of sp³-hybridized carbons (Fsp3) is 0.650. The summed E-state index contributed by atoms with van der Waals surface area (Å²) in [5.41, 5.74) is 1.32. The van der Waals surface area contributed by atoms with E-state index in [2.05, 4.69) is 39.8 Å². The number of carbonyl (C=O) groups excluding carboxylic acids is 1. The molecule has 3 nitrogen and oxygen atoms in total. The number of rotatable bonds is 0. The molecule has 1 rings (SSSR count). The van der Waals surface area contributed by atoms with Crippen molar-refractivity contribution in [1.29, 1.82) is 0 Å². The molecule has 1 amide bonds. The topological polar surface area (TPSA) is 23.6 Å². The molecule has 0 bridgehead atoms. The Morgan fingerprint density at radius 3 is 1.17 bits per heavy atom. The zero-order chi connectivity index (χ0) is 17.4. The van der Waals surface area contributed by atoms with E-state index in [4.69, 9.17) is 0 Å². The van der Waals surface area contributed by atoms with Crippen LogP contribution in [0.3, 0.4) is 0 Å². The Bertz CT molecular complexity index is 308. The first-order chi connectivity index (χ1) is 9.50. The third kappa shape index (κ3) is 63.3. The number of amides is 1. The summed E-state index contributed by atoms with van der Waals surface area (Å²) < 4.78 is 0. The Kier molecular flexibility index (Phi) is 33.2. The highest BCUT2D eigenvalue weighted by atomic mass is 16.2. The van der Waals surface area contributed by atoms with Crippen molar-refractivity contribution in [2.24, 2.45) is 5.92 Å². The van der Waals surface area contributed by atoms with Crippen LogP contribution in [0.5, 0.6) is 0 Å². The fourth-order valence-corrected chi connectivity index (χ4v) is 0.534. The SMILES string of the molecule is C.C.CC(=O)N(C)C.CC(C)C.CN(C)C.Cc1ccccc1. The fourth-order valence-electron chi connectivity index (χ4n) is 0.534. The smallest absolute Gasteiger partial charge is 0.218 e. The molecule has 0 radical (unpaired) electrons. The molecule has 0 N–H and O–H groups in total. The van der Waals surface area contributed by atoms with Gasteiger partial charge in [0.25, 0.3) is 0 Å². The Balaban J connectivity index is -0.0000000628. The van der Waals surface area contributed by atoms with E-state index >= 15 is 0 Å². The summed E-state index contributed by atoms with van der Waals surface area (Å²) in [4.78, 5) is 13.6. The summed E-state index contributed by atoms with van der Waals surface area (Å²) in [6.45, 7) is 10.1. The number of carbonyl (C=O) groups is 1. The van der Waals surface area contributed by atoms with Gasteiger partial charge in [-0.05, 0) is 34.0 Å². The van der Waals surface area contributed by atoms with Gasteiger partial charge in [-0.3, -0.25) is 4.79 Å². The second-order valence-corrected chi connectivity index (χ2v) is 6.14. The molecule has 23 heavy (non-hydrogen) atoms. The molecule has 0 fully saturated rings. The van der Waals surface area contributed by atoms with Gasteiger partial charge in [-0.1, -0.05) is 71.5 Å². The highest BCUT2D eigenvalue weighted by Gasteiger charge is 1.87. The number of hydrogen-bond donors (Lipinski definition) is 0. The van der Waals surface area contributed by atoms with Crippen molar-refractivity contribution in [3.05, 3.63) is 35.9 Å². The molecule has 0 heterocycles. The Hall–Kier alpha value is -1.35. The van der Waals surface area contributed by atoms with Crippen LogP contribution in [0, 0.1) is 12.8 Å². The lowest BCUT2D eigenvalue weighted by molar-refractivity contribution is -0.126. The van der Waals surface area contributed by atoms with Crippen molar-refractivity contribution in [3.63, 3.8) is 0 Å². The van der Waals surface area contributed by atoms with Gasteiger partial charge in [-0.2, -0.15) is 0 Å². The number of nitrogens with zero attached hydrogens (tertiary/aromatic N) is 2. The maximum absolute atomic E-state index is 10.1. The van der Waals surface area contributed by atoms with E-state index in [1.807, 2.05) is 44.2 Å². The average molecular weight is 329 g/mol. The van der Waals surface area contributed by atoms with Gasteiger partial charge in [0.15, 0.2) is 0 Å². The van der Waals surface area contributed by atoms with Crippen LogP contribution in [-0.4, -0.2) is 50.9 Å². The van der Waals surface area contributed by atoms with E-state index in [1.54, 1.807) is 14.1 Å². The monoisotopic (exact) mass is 328 g/mol. The van der Waals surface area contributed by atoms with E-state index in [0.29, 0.717) is 0 Å². The first-order valence-electron chi connectivity index (χ1n) is 7.31. The van der Waals surface area contributed by atoms with E-state index in [-0.39, 0.29) is 20.8 Å². The maximum Gasteiger partial charge on any atom is 0.218 e. The predicted molar refractivity (Wildman–Crippen MR) is 109 cm³/mol. The van der Waals surface area contributed by atoms with Gasteiger partial charge in [-0.15, -0.1) is 0 Å². The van der Waals surface area contributed by atoms with Crippen molar-refractivity contribution in [1.82, 2.24) is 9.80 Å². The van der Waals surface area contributed by atoms with Crippen molar-refractivity contribution in [2.45, 2.75) is 49.5 Å². The highest BCUT2D eigenvalue weighted by molar-refractivity contribution is 5.72. The minimum atomic E-state index is 0. The van der Waals surface area contributed by atoms with Crippen molar-refractivity contribution >= 4 is 5.91 Å². The lowest BCUT2D eigenvalue weighted by Gasteiger charge is -2.02. The molecule has 0 aliphatic carbocycles. The van der Waals surface area contributed by atoms with E-state index in [9.17, 15) is 4.79 Å². The van der Waals surface area contributed by atoms with E-state index in [1.165, 1.54) is 17.4 Å². The van der Waals surface area contributed by atoms with E-state index in [0.717, 1.165) is 5.92 Å². The van der Waals surface area contributed by atoms with E-state index < -0.39 is 0 Å². The summed E-state index contributed by atoms with van der Waals surface area (Å²) in [5, 5.41) is 0. The van der Waals surface area contributed by atoms with Gasteiger partial charge in [0, 0.05) is 21.0 Å². The van der Waals surface area contributed by atoms with Crippen molar-refractivity contribution in [3.8, 4) is 0 Å². The lowest BCUT2D eigenvalue weighted by atomic mass is 10.2. The van der Waals surface area contributed by atoms with Crippen LogP contribution in [-0.2, 0) is 4.79 Å². The zero-order valence-corrected chi connectivity index (χ0v) is 15.8. The molecular weight excluding hydrogens is 284 g/mol. The highest BCUT2D eigenvalue weighted by Crippen LogP contribution is 1.92. The second kappa shape index (κ2) is 22.9. The van der Waals surface area contributed by atoms with Crippen molar-refractivity contribution in [2.75, 3.05) is 35.2 Å². The standard InChI is InChI=1S/C7H8.C4H9NO.C4H10.C3H9N.2CH4/c1-7-5-3-2-4-6-7;1-4(6)5(2)3;2*1-4(2)3;;/h2-6H,1H3;1-3H3;4H,1-3H3;1-3H3;2*1H4. The molecule has 0 aliphatic heterocycles. The third-order valence-electron chi connectivity index (χ3n) is 1.57. The predicted octanol–water partition coefficient (Wildman–Crippen LogP) is 5.20. The van der Waals surface area contributed by atoms with Crippen molar-refractivity contribution < 1.29 is 4.79 Å². The van der Waals surface area contributed by atoms with Crippen LogP contribution in [0.4, 0.5) is 0 Å². The Morgan fingerprint density at radius 1 is 0.870 bits per heavy atom. The van der Waals surface area contributed by atoms with Crippen LogP contribution < -0.4 is 0 Å². The minimum Gasteiger partial charge on any atom is -0.349 e. The summed E-state index contributed by atoms with van der Waals surface area (Å²) in [7, 11) is 9.45. The molecule has 0 saturated heterocycles. The first kappa shape index (κ1) is 33.3. The van der Waals surface area contributed by atoms with Crippen LogP contribution in [0.25, 0.3) is 0 Å². The Labute approximate surface area is 147 Å². The summed E-state index contributed by atoms with van der Waals surface area (Å²) in [6.07, 6.45) is 0. The van der Waals surface area contributed by atoms with Crippen LogP contribution in [0.1, 0.15) is 48.1 Å². The summed E-state index contributed by atoms with van der Waals surface area (Å²) >= 11 is 0. The van der Waals surface area contributed by atoms with Gasteiger partial charge >= 0.3 is 0 Å². The first-order valence-corrected chi connectivity index (χ1v) is 7.31. The molecule has 0 saturated carbocycles. The molecule has 140 valence electrons. The molecule has 0 spiro atoms. The number of benzene rings is 1. The zero-order valence-electron chi connectivity index (χ0n) is 15.8. The molecule has 1 aromatic carbocycles. The van der Waals surface area contributed by atoms with Gasteiger partial charge in [0.1, 0.15) is 0 Å². The van der Waals surface area contributed by atoms with Crippen LogP contribution in [0.15, 0.2) is 30.3 Å². The molecule has 1 aromatic rings. The van der Waals surface area contributed by atoms with Crippen LogP contribution >= 0.6 is 0 Å². The molecule has 0 aromatic heterocycles. The van der Waals surface area contributed by atoms with Gasteiger partial charge < -0.3 is 9.80 Å². The normalized spacial score (nSPS) is 7.83. The minimum absolute atomic E-state index is 0. The quantitative estimate of drug-likeness (QED) is 0.653. The second-order valence-electron chi connectivity index (χ2n) is 6.14. The average Bonchev–Trinajstić information content (AvgIpc) is 2.29. The number of hydrogen-bond acceptors (Lipinski definition) is 2. The lowest BCUT2D eigenvalue weighted by Crippen LogP contribution is -2.17. The largest absolute Gasteiger partial charge is 0.349 e. The number of aryl methyl sites for hydroxylation is 1. The summed E-state index contributed by atoms with van der Waals surface area (Å²) in [5.74, 6) is 0.926. The molecule has 0 atom stereocenters. The van der Waals surface area contributed by atoms with Gasteiger partial charge in [-0.25, -0.2) is 0 Å². The molecular formula is C20H44N2O. The molecule has 0 unspecified atom stereocenters. The van der Waals surface area contributed by atoms with Gasteiger partial charge in [0.2, 0.25) is 5.91 Å². The summed E-state index contributed by atoms with van der Waals surface area (Å²) in [6, 6.07) is 10.3.